The molecule has 0 bridgehead atoms. The van der Waals surface area contributed by atoms with Crippen LogP contribution in [0.25, 0.3) is 0 Å². The minimum Gasteiger partial charge on any atom is -0.396 e. The van der Waals surface area contributed by atoms with E-state index in [1.807, 2.05) is 0 Å². The second kappa shape index (κ2) is 8.10. The van der Waals surface area contributed by atoms with Crippen molar-refractivity contribution in [3.05, 3.63) is 0 Å². The minimum absolute atomic E-state index is 0.378. The molecule has 0 heterocycles. The van der Waals surface area contributed by atoms with Crippen molar-refractivity contribution in [3.63, 3.8) is 0 Å². The predicted molar refractivity (Wildman–Crippen MR) is 74.2 cm³/mol. The Morgan fingerprint density at radius 2 is 1.71 bits per heavy atom. The molecule has 1 fully saturated rings. The highest BCUT2D eigenvalue weighted by Gasteiger charge is 2.23. The van der Waals surface area contributed by atoms with E-state index < -0.39 is 0 Å². The van der Waals surface area contributed by atoms with Crippen molar-refractivity contribution in [3.8, 4) is 0 Å². The summed E-state index contributed by atoms with van der Waals surface area (Å²) < 4.78 is 0. The molecule has 1 aliphatic carbocycles. The molecule has 0 radical (unpaired) electrons. The summed E-state index contributed by atoms with van der Waals surface area (Å²) in [5.74, 6) is 1.70. The number of hydrogen-bond donors (Lipinski definition) is 1. The Morgan fingerprint density at radius 3 is 2.18 bits per heavy atom. The smallest absolute Gasteiger partial charge is 0.0433 e. The molecule has 0 amide bonds. The molecule has 1 N–H and O–H groups in total. The van der Waals surface area contributed by atoms with Gasteiger partial charge in [-0.3, -0.25) is 0 Å². The molecular formula is C15H31NO. The number of hydrogen-bond acceptors (Lipinski definition) is 2. The molecule has 1 aliphatic rings. The zero-order valence-electron chi connectivity index (χ0n) is 12.0. The first-order valence-electron chi connectivity index (χ1n) is 7.52. The summed E-state index contributed by atoms with van der Waals surface area (Å²) in [7, 11) is 0. The van der Waals surface area contributed by atoms with Crippen molar-refractivity contribution < 1.29 is 5.11 Å². The predicted octanol–water partition coefficient (Wildman–Crippen LogP) is 3.30. The minimum atomic E-state index is 0.378. The average Bonchev–Trinajstić information content (AvgIpc) is 2.31. The first kappa shape index (κ1) is 15.0. The standard InChI is InChI=1S/C15H31NO/c1-4-10-16(13(2)3)12-15-7-5-14(6-8-15)9-11-17/h13-15,17H,4-12H2,1-3H3. The third-order valence-corrected chi connectivity index (χ3v) is 4.24. The van der Waals surface area contributed by atoms with E-state index in [1.165, 1.54) is 45.2 Å². The summed E-state index contributed by atoms with van der Waals surface area (Å²) >= 11 is 0. The van der Waals surface area contributed by atoms with E-state index in [1.54, 1.807) is 0 Å². The third-order valence-electron chi connectivity index (χ3n) is 4.24. The summed E-state index contributed by atoms with van der Waals surface area (Å²) in [5, 5.41) is 8.96. The largest absolute Gasteiger partial charge is 0.396 e. The van der Waals surface area contributed by atoms with E-state index in [4.69, 9.17) is 5.11 Å². The van der Waals surface area contributed by atoms with Crippen LogP contribution < -0.4 is 0 Å². The molecule has 0 aromatic heterocycles. The molecule has 0 aromatic carbocycles. The lowest BCUT2D eigenvalue weighted by molar-refractivity contribution is 0.142. The van der Waals surface area contributed by atoms with Gasteiger partial charge in [-0.1, -0.05) is 19.8 Å². The van der Waals surface area contributed by atoms with Crippen LogP contribution in [0.1, 0.15) is 59.3 Å². The van der Waals surface area contributed by atoms with Gasteiger partial charge >= 0.3 is 0 Å². The van der Waals surface area contributed by atoms with Crippen molar-refractivity contribution in [2.24, 2.45) is 11.8 Å². The zero-order chi connectivity index (χ0) is 12.7. The fourth-order valence-electron chi connectivity index (χ4n) is 3.06. The fraction of sp³-hybridized carbons (Fsp3) is 1.00. The van der Waals surface area contributed by atoms with Gasteiger partial charge in [0.05, 0.1) is 0 Å². The van der Waals surface area contributed by atoms with E-state index >= 15 is 0 Å². The van der Waals surface area contributed by atoms with Gasteiger partial charge in [0.25, 0.3) is 0 Å². The Hall–Kier alpha value is -0.0800. The first-order chi connectivity index (χ1) is 8.17. The Labute approximate surface area is 107 Å². The number of nitrogens with zero attached hydrogens (tertiary/aromatic N) is 1. The van der Waals surface area contributed by atoms with Crippen molar-refractivity contribution in [1.29, 1.82) is 0 Å². The Balaban J connectivity index is 2.28. The van der Waals surface area contributed by atoms with Crippen molar-refractivity contribution >= 4 is 0 Å². The van der Waals surface area contributed by atoms with Crippen molar-refractivity contribution in [2.45, 2.75) is 65.3 Å². The molecule has 1 rings (SSSR count). The molecule has 0 atom stereocenters. The Bertz CT molecular complexity index is 185. The van der Waals surface area contributed by atoms with Gasteiger partial charge in [0.1, 0.15) is 0 Å². The van der Waals surface area contributed by atoms with E-state index in [0.29, 0.717) is 12.6 Å². The normalized spacial score (nSPS) is 25.8. The van der Waals surface area contributed by atoms with Gasteiger partial charge in [-0.2, -0.15) is 0 Å². The van der Waals surface area contributed by atoms with E-state index in [2.05, 4.69) is 25.7 Å². The highest BCUT2D eigenvalue weighted by Crippen LogP contribution is 2.31. The van der Waals surface area contributed by atoms with Crippen LogP contribution >= 0.6 is 0 Å². The van der Waals surface area contributed by atoms with Crippen molar-refractivity contribution in [2.75, 3.05) is 19.7 Å². The molecular weight excluding hydrogens is 210 g/mol. The molecule has 0 aromatic rings. The van der Waals surface area contributed by atoms with Crippen LogP contribution in [0.15, 0.2) is 0 Å². The molecule has 1 saturated carbocycles. The molecule has 17 heavy (non-hydrogen) atoms. The van der Waals surface area contributed by atoms with Crippen LogP contribution in [0, 0.1) is 11.8 Å². The van der Waals surface area contributed by atoms with Crippen LogP contribution in [-0.4, -0.2) is 35.7 Å². The van der Waals surface area contributed by atoms with Gasteiger partial charge in [-0.15, -0.1) is 0 Å². The van der Waals surface area contributed by atoms with Gasteiger partial charge in [0.2, 0.25) is 0 Å². The summed E-state index contributed by atoms with van der Waals surface area (Å²) in [6.45, 7) is 9.81. The molecule has 0 aliphatic heterocycles. The quantitative estimate of drug-likeness (QED) is 0.739. The maximum Gasteiger partial charge on any atom is 0.0433 e. The van der Waals surface area contributed by atoms with Gasteiger partial charge in [-0.25, -0.2) is 0 Å². The Kier molecular flexibility index (Phi) is 7.14. The number of aliphatic hydroxyl groups excluding tert-OH is 1. The maximum absolute atomic E-state index is 8.96. The van der Waals surface area contributed by atoms with Crippen LogP contribution in [-0.2, 0) is 0 Å². The highest BCUT2D eigenvalue weighted by molar-refractivity contribution is 4.76. The molecule has 2 heteroatoms. The average molecular weight is 241 g/mol. The maximum atomic E-state index is 8.96. The summed E-state index contributed by atoms with van der Waals surface area (Å²) in [6.07, 6.45) is 7.70. The van der Waals surface area contributed by atoms with Gasteiger partial charge in [0, 0.05) is 19.2 Å². The SMILES string of the molecule is CCCN(CC1CCC(CCO)CC1)C(C)C. The van der Waals surface area contributed by atoms with E-state index in [0.717, 1.165) is 18.3 Å². The van der Waals surface area contributed by atoms with Gasteiger partial charge in [0.15, 0.2) is 0 Å². The second-order valence-electron chi connectivity index (χ2n) is 5.99. The summed E-state index contributed by atoms with van der Waals surface area (Å²) in [6, 6.07) is 0.685. The van der Waals surface area contributed by atoms with Crippen LogP contribution in [0.2, 0.25) is 0 Å². The lowest BCUT2D eigenvalue weighted by Gasteiger charge is -2.34. The molecule has 0 spiro atoms. The van der Waals surface area contributed by atoms with Crippen LogP contribution in [0.4, 0.5) is 0 Å². The number of rotatable bonds is 7. The monoisotopic (exact) mass is 241 g/mol. The molecule has 0 unspecified atom stereocenters. The summed E-state index contributed by atoms with van der Waals surface area (Å²) in [5.41, 5.74) is 0. The van der Waals surface area contributed by atoms with Crippen molar-refractivity contribution in [1.82, 2.24) is 4.90 Å². The zero-order valence-corrected chi connectivity index (χ0v) is 12.0. The van der Waals surface area contributed by atoms with Gasteiger partial charge < -0.3 is 10.0 Å². The highest BCUT2D eigenvalue weighted by atomic mass is 16.3. The van der Waals surface area contributed by atoms with Gasteiger partial charge in [-0.05, 0) is 57.9 Å². The Morgan fingerprint density at radius 1 is 1.12 bits per heavy atom. The molecule has 0 saturated heterocycles. The first-order valence-corrected chi connectivity index (χ1v) is 7.52. The van der Waals surface area contributed by atoms with Crippen LogP contribution in [0.5, 0.6) is 0 Å². The lowest BCUT2D eigenvalue weighted by Crippen LogP contribution is -2.37. The second-order valence-corrected chi connectivity index (χ2v) is 5.99. The summed E-state index contributed by atoms with van der Waals surface area (Å²) in [4.78, 5) is 2.64. The number of aliphatic hydroxyl groups is 1. The topological polar surface area (TPSA) is 23.5 Å². The van der Waals surface area contributed by atoms with Crippen LogP contribution in [0.3, 0.4) is 0 Å². The van der Waals surface area contributed by atoms with E-state index in [9.17, 15) is 0 Å². The van der Waals surface area contributed by atoms with E-state index in [-0.39, 0.29) is 0 Å². The lowest BCUT2D eigenvalue weighted by atomic mass is 9.80. The third kappa shape index (κ3) is 5.39. The molecule has 2 nitrogen and oxygen atoms in total. The fourth-order valence-corrected chi connectivity index (χ4v) is 3.06. The molecule has 102 valence electrons.